The third kappa shape index (κ3) is 12.9. The van der Waals surface area contributed by atoms with E-state index >= 15 is 0 Å². The molecule has 7 heterocycles. The molecule has 1 aliphatic carbocycles. The number of amides is 7. The lowest BCUT2D eigenvalue weighted by atomic mass is 9.60. The van der Waals surface area contributed by atoms with E-state index in [0.29, 0.717) is 64.6 Å². The second-order valence-corrected chi connectivity index (χ2v) is 28.2. The van der Waals surface area contributed by atoms with E-state index in [1.807, 2.05) is 80.2 Å². The number of phosphoric acid groups is 1. The van der Waals surface area contributed by atoms with Crippen LogP contribution in [0.25, 0.3) is 0 Å². The largest absolute Gasteiger partial charge is 0.472 e. The summed E-state index contributed by atoms with van der Waals surface area (Å²) in [6, 6.07) is -1.18. The maximum Gasteiger partial charge on any atom is 0.472 e. The van der Waals surface area contributed by atoms with Crippen LogP contribution in [0.4, 0.5) is 0 Å². The first-order valence-corrected chi connectivity index (χ1v) is 32.3. The Labute approximate surface area is 520 Å². The van der Waals surface area contributed by atoms with Crippen LogP contribution < -0.4 is 43.8 Å². The van der Waals surface area contributed by atoms with Crippen LogP contribution in [0.2, 0.25) is 0 Å². The first kappa shape index (κ1) is 68.2. The minimum Gasteiger partial charge on any atom is -0.394 e. The van der Waals surface area contributed by atoms with Gasteiger partial charge in [0.1, 0.15) is 24.0 Å². The fourth-order valence-corrected chi connectivity index (χ4v) is 16.9. The zero-order valence-corrected chi connectivity index (χ0v) is 54.1. The van der Waals surface area contributed by atoms with Crippen LogP contribution in [0.5, 0.6) is 0 Å². The number of aliphatic imine (C=N–C) groups is 4. The van der Waals surface area contributed by atoms with Gasteiger partial charge >= 0.3 is 7.82 Å². The highest BCUT2D eigenvalue weighted by Gasteiger charge is 2.66. The predicted octanol–water partition coefficient (Wildman–Crippen LogP) is 2.95. The molecule has 488 valence electrons. The topological polar surface area (TPSA) is 396 Å². The van der Waals surface area contributed by atoms with Crippen molar-refractivity contribution in [3.8, 4) is 0 Å². The van der Waals surface area contributed by atoms with Gasteiger partial charge in [-0.3, -0.25) is 62.6 Å². The third-order valence-electron chi connectivity index (χ3n) is 20.9. The highest BCUT2D eigenvalue weighted by atomic mass is 31.2. The standard InChI is InChI=1S/C62H92N13O13P/c1-32-21-43-44(22-33(32)2)75(28-69-43)57-37(6)53(45(27-76)86-57)88-89(84,85)87-34(3)25-68-50(83)17-19-59(9)41(26-67-30-78)56-62(12)61(11,70-31-79)40(18-20-66-29-77)52(74-62)36(5)55-60(10,24-49(65)82)38(13-15-47(63)80)42(71-55)23-46-58(7,8)39(14-16-48(64)81)51(72-46)35(4)54(59)73-56/h21-23,28-31,34,37-41,43-45,53,56-57,71,76H,13-20,24-27H2,1-12H3,(H2,63,80)(H2,64,81)(H2,65,82)(H,66,77)(H,67,78)(H,68,83)(H,70,79)(H,84,85)/b42-23?,51-35?,55-36-/t34-,37-,38-,39-,40-,41+,43?,44?,45-,53+,56-,57+,59-,60+,61+,62+/m1/s1. The number of nitrogens with zero attached hydrogens (tertiary/aromatic N) is 5. The number of nitrogens with two attached hydrogens (primary N) is 3. The van der Waals surface area contributed by atoms with Crippen LogP contribution in [0.1, 0.15) is 134 Å². The molecule has 27 heteroatoms. The summed E-state index contributed by atoms with van der Waals surface area (Å²) in [7, 11) is -4.87. The number of nitrogens with one attached hydrogen (secondary N) is 5. The Morgan fingerprint density at radius 3 is 2.17 bits per heavy atom. The van der Waals surface area contributed by atoms with E-state index in [-0.39, 0.29) is 83.1 Å². The number of primary amides is 3. The van der Waals surface area contributed by atoms with E-state index in [9.17, 15) is 48.1 Å². The Morgan fingerprint density at radius 1 is 0.876 bits per heavy atom. The molecule has 0 aromatic heterocycles. The highest BCUT2D eigenvalue weighted by Crippen LogP contribution is 2.59. The number of rotatable bonds is 28. The van der Waals surface area contributed by atoms with Gasteiger partial charge < -0.3 is 63.4 Å². The lowest BCUT2D eigenvalue weighted by Crippen LogP contribution is -2.66. The van der Waals surface area contributed by atoms with E-state index in [1.165, 1.54) is 6.92 Å². The van der Waals surface area contributed by atoms with Gasteiger partial charge in [0.25, 0.3) is 0 Å². The summed E-state index contributed by atoms with van der Waals surface area (Å²) in [5, 5.41) is 25.8. The molecular weight excluding hydrogens is 1170 g/mol. The summed E-state index contributed by atoms with van der Waals surface area (Å²) in [4.78, 5) is 126. The molecule has 0 aromatic rings. The fraction of sp³-hybridized carbons (Fsp3) is 0.661. The number of ether oxygens (including phenoxy) is 1. The summed E-state index contributed by atoms with van der Waals surface area (Å²) in [5.74, 6) is -5.01. The van der Waals surface area contributed by atoms with Crippen molar-refractivity contribution in [3.63, 3.8) is 0 Å². The number of carbonyl (C=O) groups is 7. The monoisotopic (exact) mass is 1260 g/mol. The van der Waals surface area contributed by atoms with E-state index in [4.69, 9.17) is 46.0 Å². The number of aliphatic hydroxyl groups is 1. The minimum atomic E-state index is -4.87. The fourth-order valence-electron chi connectivity index (χ4n) is 15.7. The zero-order chi connectivity index (χ0) is 65.5. The molecule has 7 amide bonds. The molecule has 7 aliphatic heterocycles. The van der Waals surface area contributed by atoms with Crippen LogP contribution >= 0.6 is 7.82 Å². The van der Waals surface area contributed by atoms with E-state index < -0.39 is 126 Å². The maximum atomic E-state index is 14.4. The average Bonchev–Trinajstić information content (AvgIpc) is 1.54. The van der Waals surface area contributed by atoms with Gasteiger partial charge in [0.05, 0.1) is 42.7 Å². The number of aliphatic hydroxyl groups excluding tert-OH is 1. The van der Waals surface area contributed by atoms with Crippen molar-refractivity contribution in [2.45, 2.75) is 188 Å². The van der Waals surface area contributed by atoms with E-state index in [2.05, 4.69) is 43.7 Å². The molecule has 0 spiro atoms. The van der Waals surface area contributed by atoms with Gasteiger partial charge in [-0.15, -0.1) is 0 Å². The number of hydrogen-bond acceptors (Lipinski definition) is 18. The Hall–Kier alpha value is -6.70. The van der Waals surface area contributed by atoms with E-state index in [1.54, 1.807) is 13.3 Å². The normalized spacial score (nSPS) is 35.9. The van der Waals surface area contributed by atoms with Gasteiger partial charge in [-0.25, -0.2) is 4.57 Å². The van der Waals surface area contributed by atoms with Gasteiger partial charge in [0.15, 0.2) is 0 Å². The molecule has 26 nitrogen and oxygen atoms in total. The molecule has 0 aromatic carbocycles. The Balaban J connectivity index is 1.17. The molecule has 13 N–H and O–H groups in total. The molecule has 89 heavy (non-hydrogen) atoms. The zero-order valence-electron chi connectivity index (χ0n) is 53.3. The van der Waals surface area contributed by atoms with Gasteiger partial charge in [0, 0.05) is 125 Å². The first-order valence-electron chi connectivity index (χ1n) is 30.8. The predicted molar refractivity (Wildman–Crippen MR) is 334 cm³/mol. The molecule has 2 fully saturated rings. The Morgan fingerprint density at radius 2 is 1.54 bits per heavy atom. The third-order valence-corrected chi connectivity index (χ3v) is 22.0. The summed E-state index contributed by atoms with van der Waals surface area (Å²) < 4.78 is 31.5. The highest BCUT2D eigenvalue weighted by molar-refractivity contribution is 7.47. The molecule has 0 saturated carbocycles. The Kier molecular flexibility index (Phi) is 20.1. The van der Waals surface area contributed by atoms with E-state index in [0.717, 1.165) is 11.1 Å². The van der Waals surface area contributed by atoms with Crippen molar-refractivity contribution in [2.75, 3.05) is 26.2 Å². The van der Waals surface area contributed by atoms with Crippen molar-refractivity contribution in [1.29, 1.82) is 0 Å². The number of carbonyl (C=O) groups excluding carboxylic acids is 7. The van der Waals surface area contributed by atoms with Crippen molar-refractivity contribution >= 4 is 74.2 Å². The summed E-state index contributed by atoms with van der Waals surface area (Å²) in [6.07, 6.45) is 6.33. The van der Waals surface area contributed by atoms with Crippen molar-refractivity contribution in [1.82, 2.24) is 31.5 Å². The summed E-state index contributed by atoms with van der Waals surface area (Å²) >= 11 is 0. The summed E-state index contributed by atoms with van der Waals surface area (Å²) in [5.41, 5.74) is 19.0. The molecule has 8 bridgehead atoms. The van der Waals surface area contributed by atoms with Crippen molar-refractivity contribution in [3.05, 3.63) is 57.6 Å². The first-order chi connectivity index (χ1) is 41.8. The van der Waals surface area contributed by atoms with Crippen LogP contribution in [-0.4, -0.2) is 161 Å². The second-order valence-electron chi connectivity index (χ2n) is 26.9. The smallest absolute Gasteiger partial charge is 0.394 e. The van der Waals surface area contributed by atoms with Crippen LogP contribution in [0.3, 0.4) is 0 Å². The van der Waals surface area contributed by atoms with Crippen LogP contribution in [-0.2, 0) is 51.9 Å². The maximum absolute atomic E-state index is 14.4. The van der Waals surface area contributed by atoms with Gasteiger partial charge in [0.2, 0.25) is 42.9 Å². The lowest BCUT2D eigenvalue weighted by molar-refractivity contribution is -0.122. The van der Waals surface area contributed by atoms with Gasteiger partial charge in [-0.05, 0) is 91.4 Å². The number of phosphoric ester groups is 1. The lowest BCUT2D eigenvalue weighted by Gasteiger charge is -2.48. The Bertz CT molecular complexity index is 3210. The number of hydrogen-bond donors (Lipinski definition) is 10. The molecule has 0 radical (unpaired) electrons. The average molecular weight is 1260 g/mol. The van der Waals surface area contributed by atoms with Gasteiger partial charge in [-0.2, -0.15) is 0 Å². The number of allylic oxidation sites excluding steroid dienone is 8. The molecular formula is C62H92N13O13P. The number of fused-ring (bicyclic) bond motifs is 7. The summed E-state index contributed by atoms with van der Waals surface area (Å²) in [6.45, 7) is 22.2. The van der Waals surface area contributed by atoms with Crippen LogP contribution in [0.15, 0.2) is 77.6 Å². The second kappa shape index (κ2) is 26.3. The molecule has 8 aliphatic rings. The quantitative estimate of drug-likeness (QED) is 0.0306. The molecule has 8 rings (SSSR count). The van der Waals surface area contributed by atoms with Crippen LogP contribution in [0, 0.1) is 45.8 Å². The van der Waals surface area contributed by atoms with Gasteiger partial charge in [-0.1, -0.05) is 57.9 Å². The molecule has 2 saturated heterocycles. The molecule has 3 unspecified atom stereocenters. The molecule has 17 atom stereocenters. The van der Waals surface area contributed by atoms with Crippen molar-refractivity contribution in [2.24, 2.45) is 83.0 Å². The minimum absolute atomic E-state index is 0.000767. The SMILES string of the molecule is CC1=CC2N=CN([C@H]3O[C@H](CO)[C@@H](OP(=O)(O)O[C@H](C)CNC(=O)CC[C@@]4(C)C5=N[C@H]([C@@H]4CNC=O)[C@]4(C)N=C(/C(C)=C6\NC(=CC7=NC(=C5C)[C@@H](CCC(N)=O)C7(C)C)[C@@H](CCC(N)=O)[C@]6(C)CC(N)=O)[C@@H](CCNC=O)[C@]4(C)NC=O)[C@H]3C)C2C=C1C. The van der Waals surface area contributed by atoms with Crippen molar-refractivity contribution < 1.29 is 61.9 Å².